The van der Waals surface area contributed by atoms with Gasteiger partial charge in [-0.05, 0) is 80.8 Å². The fourth-order valence-corrected chi connectivity index (χ4v) is 5.64. The van der Waals surface area contributed by atoms with Crippen LogP contribution < -0.4 is 0 Å². The highest BCUT2D eigenvalue weighted by molar-refractivity contribution is 5.28. The number of alkyl halides is 2. The van der Waals surface area contributed by atoms with Gasteiger partial charge in [0.2, 0.25) is 6.43 Å². The number of rotatable bonds is 5. The van der Waals surface area contributed by atoms with Crippen LogP contribution in [0.1, 0.15) is 74.7 Å². The summed E-state index contributed by atoms with van der Waals surface area (Å²) in [4.78, 5) is 0. The van der Waals surface area contributed by atoms with Crippen LogP contribution in [-0.4, -0.2) is 19.6 Å². The third-order valence-electron chi connectivity index (χ3n) is 7.60. The Hall–Kier alpha value is -1.33. The van der Waals surface area contributed by atoms with Crippen molar-refractivity contribution < 1.29 is 22.6 Å². The fraction of sp³-hybridized carbons (Fsp3) is 0.680. The molecule has 1 aromatic rings. The maximum atomic E-state index is 14.9. The van der Waals surface area contributed by atoms with E-state index in [4.69, 9.17) is 9.47 Å². The fourth-order valence-electron chi connectivity index (χ4n) is 5.64. The smallest absolute Gasteiger partial charge is 0.241 e. The molecule has 4 rings (SSSR count). The lowest BCUT2D eigenvalue weighted by Gasteiger charge is -2.38. The van der Waals surface area contributed by atoms with Crippen molar-refractivity contribution in [1.29, 1.82) is 0 Å². The van der Waals surface area contributed by atoms with Crippen LogP contribution in [0.25, 0.3) is 0 Å². The predicted octanol–water partition coefficient (Wildman–Crippen LogP) is 7.02. The zero-order chi connectivity index (χ0) is 21.1. The van der Waals surface area contributed by atoms with Crippen molar-refractivity contribution in [2.75, 3.05) is 13.2 Å². The molecule has 1 aromatic carbocycles. The normalized spacial score (nSPS) is 35.3. The first-order chi connectivity index (χ1) is 14.5. The van der Waals surface area contributed by atoms with Gasteiger partial charge in [0.15, 0.2) is 6.29 Å². The van der Waals surface area contributed by atoms with Crippen molar-refractivity contribution in [3.05, 3.63) is 47.8 Å². The van der Waals surface area contributed by atoms with Gasteiger partial charge < -0.3 is 9.47 Å². The summed E-state index contributed by atoms with van der Waals surface area (Å²) in [5.74, 6) is 1.05. The largest absolute Gasteiger partial charge is 0.348 e. The van der Waals surface area contributed by atoms with E-state index in [1.54, 1.807) is 6.07 Å². The second-order valence-corrected chi connectivity index (χ2v) is 9.40. The zero-order valence-corrected chi connectivity index (χ0v) is 17.6. The summed E-state index contributed by atoms with van der Waals surface area (Å²) < 4.78 is 52.1. The SMILES string of the molecule is C=CC1COC(c2ccc(C3CCC(C4CCC(C(F)F)CC4)CC3)c(F)c2)OC1. The summed E-state index contributed by atoms with van der Waals surface area (Å²) in [6, 6.07) is 5.39. The highest BCUT2D eigenvalue weighted by Gasteiger charge is 2.34. The van der Waals surface area contributed by atoms with Gasteiger partial charge in [-0.2, -0.15) is 0 Å². The quantitative estimate of drug-likeness (QED) is 0.475. The van der Waals surface area contributed by atoms with E-state index in [0.29, 0.717) is 37.9 Å². The summed E-state index contributed by atoms with van der Waals surface area (Å²) in [6.45, 7) is 4.84. The van der Waals surface area contributed by atoms with Gasteiger partial charge in [-0.1, -0.05) is 18.2 Å². The Morgan fingerprint density at radius 2 is 1.50 bits per heavy atom. The topological polar surface area (TPSA) is 18.5 Å². The molecule has 0 radical (unpaired) electrons. The third kappa shape index (κ3) is 4.94. The first-order valence-electron chi connectivity index (χ1n) is 11.5. The highest BCUT2D eigenvalue weighted by Crippen LogP contribution is 2.45. The van der Waals surface area contributed by atoms with E-state index in [-0.39, 0.29) is 17.7 Å². The molecule has 3 aliphatic rings. The van der Waals surface area contributed by atoms with Gasteiger partial charge in [-0.3, -0.25) is 0 Å². The summed E-state index contributed by atoms with van der Waals surface area (Å²) >= 11 is 0. The van der Waals surface area contributed by atoms with Crippen molar-refractivity contribution in [3.63, 3.8) is 0 Å². The van der Waals surface area contributed by atoms with Gasteiger partial charge in [0.05, 0.1) is 13.2 Å². The molecule has 1 aliphatic heterocycles. The van der Waals surface area contributed by atoms with Crippen LogP contribution in [0.4, 0.5) is 13.2 Å². The van der Waals surface area contributed by atoms with Crippen molar-refractivity contribution in [1.82, 2.24) is 0 Å². The molecular weight excluding hydrogens is 389 g/mol. The van der Waals surface area contributed by atoms with Crippen molar-refractivity contribution in [3.8, 4) is 0 Å². The number of hydrogen-bond acceptors (Lipinski definition) is 2. The van der Waals surface area contributed by atoms with E-state index >= 15 is 0 Å². The lowest BCUT2D eigenvalue weighted by molar-refractivity contribution is -0.197. The molecule has 0 aromatic heterocycles. The van der Waals surface area contributed by atoms with E-state index in [2.05, 4.69) is 6.58 Å². The Bertz CT molecular complexity index is 698. The van der Waals surface area contributed by atoms with Gasteiger partial charge in [0, 0.05) is 17.4 Å². The van der Waals surface area contributed by atoms with Gasteiger partial charge >= 0.3 is 0 Å². The maximum absolute atomic E-state index is 14.9. The lowest BCUT2D eigenvalue weighted by atomic mass is 9.68. The first kappa shape index (κ1) is 21.9. The van der Waals surface area contributed by atoms with Crippen LogP contribution >= 0.6 is 0 Å². The molecule has 1 saturated heterocycles. The number of ether oxygens (including phenoxy) is 2. The van der Waals surface area contributed by atoms with E-state index in [1.807, 2.05) is 18.2 Å². The predicted molar refractivity (Wildman–Crippen MR) is 111 cm³/mol. The Kier molecular flexibility index (Phi) is 7.20. The first-order valence-corrected chi connectivity index (χ1v) is 11.5. The van der Waals surface area contributed by atoms with E-state index in [1.165, 1.54) is 0 Å². The van der Waals surface area contributed by atoms with Gasteiger partial charge in [0.25, 0.3) is 0 Å². The second-order valence-electron chi connectivity index (χ2n) is 9.40. The number of halogens is 3. The third-order valence-corrected chi connectivity index (χ3v) is 7.60. The van der Waals surface area contributed by atoms with E-state index in [0.717, 1.165) is 49.7 Å². The number of benzene rings is 1. The molecule has 1 heterocycles. The van der Waals surface area contributed by atoms with Gasteiger partial charge in [0.1, 0.15) is 5.82 Å². The Morgan fingerprint density at radius 1 is 0.900 bits per heavy atom. The molecule has 2 saturated carbocycles. The van der Waals surface area contributed by atoms with Gasteiger partial charge in [-0.25, -0.2) is 13.2 Å². The summed E-state index contributed by atoms with van der Waals surface area (Å²) in [5.41, 5.74) is 1.52. The van der Waals surface area contributed by atoms with Crippen LogP contribution in [-0.2, 0) is 9.47 Å². The molecule has 2 aliphatic carbocycles. The van der Waals surface area contributed by atoms with Crippen LogP contribution in [0.3, 0.4) is 0 Å². The summed E-state index contributed by atoms with van der Waals surface area (Å²) in [7, 11) is 0. The molecule has 0 N–H and O–H groups in total. The number of hydrogen-bond donors (Lipinski definition) is 0. The monoisotopic (exact) mass is 422 g/mol. The molecule has 30 heavy (non-hydrogen) atoms. The maximum Gasteiger partial charge on any atom is 0.241 e. The molecule has 0 atom stereocenters. The minimum absolute atomic E-state index is 0.175. The summed E-state index contributed by atoms with van der Waals surface area (Å²) in [5, 5.41) is 0. The Balaban J connectivity index is 1.30. The molecular formula is C25H33F3O2. The average Bonchev–Trinajstić information content (AvgIpc) is 2.79. The zero-order valence-electron chi connectivity index (χ0n) is 17.6. The molecule has 166 valence electrons. The molecule has 5 heteroatoms. The van der Waals surface area contributed by atoms with Crippen molar-refractivity contribution >= 4 is 0 Å². The Labute approximate surface area is 177 Å². The minimum Gasteiger partial charge on any atom is -0.348 e. The van der Waals surface area contributed by atoms with Crippen LogP contribution in [0, 0.1) is 29.5 Å². The van der Waals surface area contributed by atoms with E-state index in [9.17, 15) is 13.2 Å². The molecule has 0 bridgehead atoms. The minimum atomic E-state index is -2.17. The lowest BCUT2D eigenvalue weighted by Crippen LogP contribution is -2.27. The standard InChI is InChI=1S/C25H33F3O2/c1-2-16-14-29-25(30-15-16)21-11-12-22(23(26)13-21)19-7-3-17(4-8-19)18-5-9-20(10-6-18)24(27)28/h2,11-13,16-20,24-25H,1,3-10,14-15H2. The molecule has 0 unspecified atom stereocenters. The second kappa shape index (κ2) is 9.86. The van der Waals surface area contributed by atoms with Crippen LogP contribution in [0.5, 0.6) is 0 Å². The molecule has 2 nitrogen and oxygen atoms in total. The molecule has 0 amide bonds. The van der Waals surface area contributed by atoms with Gasteiger partial charge in [-0.15, -0.1) is 6.58 Å². The molecule has 0 spiro atoms. The van der Waals surface area contributed by atoms with Crippen LogP contribution in [0.2, 0.25) is 0 Å². The van der Waals surface area contributed by atoms with Crippen molar-refractivity contribution in [2.45, 2.75) is 70.0 Å². The highest BCUT2D eigenvalue weighted by atomic mass is 19.3. The van der Waals surface area contributed by atoms with Crippen LogP contribution in [0.15, 0.2) is 30.9 Å². The van der Waals surface area contributed by atoms with Crippen molar-refractivity contribution in [2.24, 2.45) is 23.7 Å². The average molecular weight is 423 g/mol. The van der Waals surface area contributed by atoms with E-state index < -0.39 is 18.6 Å². The summed E-state index contributed by atoms with van der Waals surface area (Å²) in [6.07, 6.45) is 6.45. The Morgan fingerprint density at radius 3 is 2.03 bits per heavy atom. The molecule has 3 fully saturated rings.